The number of carbonyl (C=O) groups excluding carboxylic acids is 1. The van der Waals surface area contributed by atoms with Crippen LogP contribution in [0.25, 0.3) is 17.0 Å². The Morgan fingerprint density at radius 1 is 1.41 bits per heavy atom. The summed E-state index contributed by atoms with van der Waals surface area (Å²) in [5, 5.41) is 1.19. The van der Waals surface area contributed by atoms with Crippen LogP contribution >= 0.6 is 0 Å². The third-order valence-electron chi connectivity index (χ3n) is 2.48. The van der Waals surface area contributed by atoms with Crippen LogP contribution in [-0.4, -0.2) is 17.6 Å². The zero-order valence-corrected chi connectivity index (χ0v) is 9.77. The topological polar surface area (TPSA) is 42.1 Å². The van der Waals surface area contributed by atoms with Crippen molar-refractivity contribution < 1.29 is 9.53 Å². The van der Waals surface area contributed by atoms with Gasteiger partial charge in [0.25, 0.3) is 0 Å². The molecule has 0 atom stereocenters. The Bertz CT molecular complexity index is 540. The fourth-order valence-corrected chi connectivity index (χ4v) is 1.68. The summed E-state index contributed by atoms with van der Waals surface area (Å²) in [6.07, 6.45) is 5.98. The van der Waals surface area contributed by atoms with Crippen molar-refractivity contribution >= 4 is 22.9 Å². The van der Waals surface area contributed by atoms with Gasteiger partial charge in [-0.25, -0.2) is 0 Å². The third kappa shape index (κ3) is 2.97. The Labute approximate surface area is 100 Å². The molecule has 88 valence electrons. The number of nitrogens with one attached hydrogen (secondary N) is 1. The summed E-state index contributed by atoms with van der Waals surface area (Å²) in [5.41, 5.74) is 2.17. The lowest BCUT2D eigenvalue weighted by molar-refractivity contribution is -0.142. The van der Waals surface area contributed by atoms with Crippen LogP contribution in [0.5, 0.6) is 0 Å². The van der Waals surface area contributed by atoms with Crippen LogP contribution in [0.3, 0.4) is 0 Å². The SMILES string of the molecule is CCOC(=O)CC=Cc1ccc2cc[nH]c2c1. The van der Waals surface area contributed by atoms with Gasteiger partial charge in [-0.2, -0.15) is 0 Å². The molecular formula is C14H15NO2. The van der Waals surface area contributed by atoms with E-state index in [4.69, 9.17) is 4.74 Å². The van der Waals surface area contributed by atoms with Gasteiger partial charge in [0.15, 0.2) is 0 Å². The van der Waals surface area contributed by atoms with Crippen molar-refractivity contribution in [2.75, 3.05) is 6.61 Å². The highest BCUT2D eigenvalue weighted by molar-refractivity contribution is 5.82. The van der Waals surface area contributed by atoms with Crippen LogP contribution in [0.15, 0.2) is 36.5 Å². The summed E-state index contributed by atoms with van der Waals surface area (Å²) in [5.74, 6) is -0.190. The first-order chi connectivity index (χ1) is 8.29. The standard InChI is InChI=1S/C14H15NO2/c1-2-17-14(16)5-3-4-11-6-7-12-8-9-15-13(12)10-11/h3-4,6-10,15H,2,5H2,1H3. The van der Waals surface area contributed by atoms with Crippen LogP contribution in [-0.2, 0) is 9.53 Å². The summed E-state index contributed by atoms with van der Waals surface area (Å²) in [6.45, 7) is 2.24. The highest BCUT2D eigenvalue weighted by atomic mass is 16.5. The van der Waals surface area contributed by atoms with E-state index in [9.17, 15) is 4.79 Å². The molecule has 1 aromatic heterocycles. The van der Waals surface area contributed by atoms with Gasteiger partial charge in [-0.1, -0.05) is 24.3 Å². The second-order valence-corrected chi connectivity index (χ2v) is 3.74. The van der Waals surface area contributed by atoms with E-state index in [1.54, 1.807) is 6.92 Å². The van der Waals surface area contributed by atoms with E-state index in [1.807, 2.05) is 30.5 Å². The largest absolute Gasteiger partial charge is 0.466 e. The predicted octanol–water partition coefficient (Wildman–Crippen LogP) is 3.13. The van der Waals surface area contributed by atoms with E-state index in [0.29, 0.717) is 13.0 Å². The Balaban J connectivity index is 2.02. The average Bonchev–Trinajstić information content (AvgIpc) is 2.76. The molecule has 1 N–H and O–H groups in total. The number of ether oxygens (including phenoxy) is 1. The summed E-state index contributed by atoms with van der Waals surface area (Å²) >= 11 is 0. The molecule has 3 heteroatoms. The molecule has 2 aromatic rings. The first-order valence-corrected chi connectivity index (χ1v) is 5.69. The quantitative estimate of drug-likeness (QED) is 0.818. The van der Waals surface area contributed by atoms with E-state index in [1.165, 1.54) is 5.39 Å². The number of benzene rings is 1. The van der Waals surface area contributed by atoms with Gasteiger partial charge in [-0.3, -0.25) is 4.79 Å². The van der Waals surface area contributed by atoms with Gasteiger partial charge in [-0.05, 0) is 30.0 Å². The zero-order valence-electron chi connectivity index (χ0n) is 9.77. The lowest BCUT2D eigenvalue weighted by atomic mass is 10.1. The highest BCUT2D eigenvalue weighted by Crippen LogP contribution is 2.15. The number of fused-ring (bicyclic) bond motifs is 1. The minimum absolute atomic E-state index is 0.190. The van der Waals surface area contributed by atoms with Crippen molar-refractivity contribution in [2.24, 2.45) is 0 Å². The minimum Gasteiger partial charge on any atom is -0.466 e. The van der Waals surface area contributed by atoms with E-state index in [2.05, 4.69) is 17.1 Å². The van der Waals surface area contributed by atoms with E-state index in [0.717, 1.165) is 11.1 Å². The highest BCUT2D eigenvalue weighted by Gasteiger charge is 1.97. The maximum absolute atomic E-state index is 11.1. The minimum atomic E-state index is -0.190. The monoisotopic (exact) mass is 229 g/mol. The second-order valence-electron chi connectivity index (χ2n) is 3.74. The molecule has 0 aliphatic carbocycles. The number of aromatic nitrogens is 1. The van der Waals surface area contributed by atoms with Crippen LogP contribution < -0.4 is 0 Å². The Kier molecular flexibility index (Phi) is 3.60. The van der Waals surface area contributed by atoms with Crippen molar-refractivity contribution in [3.8, 4) is 0 Å². The number of rotatable bonds is 4. The van der Waals surface area contributed by atoms with E-state index in [-0.39, 0.29) is 5.97 Å². The molecule has 0 bridgehead atoms. The second kappa shape index (κ2) is 5.34. The van der Waals surface area contributed by atoms with Crippen LogP contribution in [0.4, 0.5) is 0 Å². The van der Waals surface area contributed by atoms with Gasteiger partial charge >= 0.3 is 5.97 Å². The van der Waals surface area contributed by atoms with Gasteiger partial charge in [0.2, 0.25) is 0 Å². The lowest BCUT2D eigenvalue weighted by Crippen LogP contribution is -2.01. The van der Waals surface area contributed by atoms with Crippen LogP contribution in [0.1, 0.15) is 18.9 Å². The number of aromatic amines is 1. The first kappa shape index (κ1) is 11.5. The maximum atomic E-state index is 11.1. The third-order valence-corrected chi connectivity index (χ3v) is 2.48. The smallest absolute Gasteiger partial charge is 0.309 e. The van der Waals surface area contributed by atoms with Gasteiger partial charge < -0.3 is 9.72 Å². The summed E-state index contributed by atoms with van der Waals surface area (Å²) < 4.78 is 4.84. The van der Waals surface area contributed by atoms with Crippen LogP contribution in [0, 0.1) is 0 Å². The molecular weight excluding hydrogens is 214 g/mol. The number of hydrogen-bond acceptors (Lipinski definition) is 2. The molecule has 1 heterocycles. The van der Waals surface area contributed by atoms with Crippen molar-refractivity contribution in [3.63, 3.8) is 0 Å². The molecule has 0 amide bonds. The first-order valence-electron chi connectivity index (χ1n) is 5.69. The summed E-state index contributed by atoms with van der Waals surface area (Å²) in [6, 6.07) is 8.16. The predicted molar refractivity (Wildman–Crippen MR) is 68.6 cm³/mol. The normalized spacial score (nSPS) is 11.1. The molecule has 0 fully saturated rings. The zero-order chi connectivity index (χ0) is 12.1. The summed E-state index contributed by atoms with van der Waals surface area (Å²) in [7, 11) is 0. The van der Waals surface area contributed by atoms with Crippen molar-refractivity contribution in [1.82, 2.24) is 4.98 Å². The molecule has 0 spiro atoms. The Morgan fingerprint density at radius 2 is 2.29 bits per heavy atom. The molecule has 2 rings (SSSR count). The number of carbonyl (C=O) groups is 1. The van der Waals surface area contributed by atoms with E-state index >= 15 is 0 Å². The average molecular weight is 229 g/mol. The number of hydrogen-bond donors (Lipinski definition) is 1. The molecule has 0 saturated heterocycles. The molecule has 1 aromatic carbocycles. The van der Waals surface area contributed by atoms with Crippen LogP contribution in [0.2, 0.25) is 0 Å². The van der Waals surface area contributed by atoms with E-state index < -0.39 is 0 Å². The lowest BCUT2D eigenvalue weighted by Gasteiger charge is -1.97. The number of esters is 1. The number of H-pyrrole nitrogens is 1. The molecule has 3 nitrogen and oxygen atoms in total. The van der Waals surface area contributed by atoms with Crippen molar-refractivity contribution in [1.29, 1.82) is 0 Å². The van der Waals surface area contributed by atoms with Gasteiger partial charge in [-0.15, -0.1) is 0 Å². The van der Waals surface area contributed by atoms with Gasteiger partial charge in [0, 0.05) is 11.7 Å². The molecule has 17 heavy (non-hydrogen) atoms. The summed E-state index contributed by atoms with van der Waals surface area (Å²) in [4.78, 5) is 14.3. The maximum Gasteiger partial charge on any atom is 0.309 e. The molecule has 0 aliphatic rings. The Hall–Kier alpha value is -2.03. The molecule has 0 unspecified atom stereocenters. The molecule has 0 radical (unpaired) electrons. The van der Waals surface area contributed by atoms with Crippen molar-refractivity contribution in [3.05, 3.63) is 42.1 Å². The Morgan fingerprint density at radius 3 is 3.12 bits per heavy atom. The fraction of sp³-hybridized carbons (Fsp3) is 0.214. The molecule has 0 aliphatic heterocycles. The fourth-order valence-electron chi connectivity index (χ4n) is 1.68. The molecule has 0 saturated carbocycles. The van der Waals surface area contributed by atoms with Gasteiger partial charge in [0.05, 0.1) is 13.0 Å². The van der Waals surface area contributed by atoms with Gasteiger partial charge in [0.1, 0.15) is 0 Å². The van der Waals surface area contributed by atoms with Crippen molar-refractivity contribution in [2.45, 2.75) is 13.3 Å².